The summed E-state index contributed by atoms with van der Waals surface area (Å²) in [5.41, 5.74) is 1.06. The molecule has 0 radical (unpaired) electrons. The second-order valence-electron chi connectivity index (χ2n) is 2.20. The highest BCUT2D eigenvalue weighted by molar-refractivity contribution is 5.77. The van der Waals surface area contributed by atoms with Gasteiger partial charge in [-0.1, -0.05) is 24.3 Å². The molecule has 0 bridgehead atoms. The summed E-state index contributed by atoms with van der Waals surface area (Å²) in [6.07, 6.45) is 1.81. The summed E-state index contributed by atoms with van der Waals surface area (Å²) < 4.78 is 0. The number of aromatic nitrogens is 1. The normalized spacial score (nSPS) is 10.0. The van der Waals surface area contributed by atoms with E-state index in [1.165, 1.54) is 5.39 Å². The number of para-hydroxylation sites is 1. The van der Waals surface area contributed by atoms with Gasteiger partial charge in [-0.25, -0.2) is 0 Å². The van der Waals surface area contributed by atoms with Gasteiger partial charge in [-0.05, 0) is 12.1 Å². The zero-order chi connectivity index (χ0) is 6.81. The number of rotatable bonds is 0. The van der Waals surface area contributed by atoms with Crippen molar-refractivity contribution in [3.05, 3.63) is 42.6 Å². The van der Waals surface area contributed by atoms with Crippen molar-refractivity contribution in [1.29, 1.82) is 0 Å². The minimum Gasteiger partial charge on any atom is -0.256 e. The summed E-state index contributed by atoms with van der Waals surface area (Å²) in [5.74, 6) is 0. The summed E-state index contributed by atoms with van der Waals surface area (Å²) in [6, 6.07) is 12.1. The van der Waals surface area contributed by atoms with Crippen LogP contribution >= 0.6 is 0 Å². The lowest BCUT2D eigenvalue weighted by atomic mass is 10.7. The van der Waals surface area contributed by atoms with Crippen molar-refractivity contribution >= 4 is 10.9 Å². The third-order valence-electron chi connectivity index (χ3n) is 1.51. The quantitative estimate of drug-likeness (QED) is 0.541. The molecule has 0 saturated carbocycles. The molecule has 0 aliphatic carbocycles. The van der Waals surface area contributed by atoms with Crippen molar-refractivity contribution in [2.75, 3.05) is 0 Å². The highest BCUT2D eigenvalue weighted by Crippen LogP contribution is 2.07. The summed E-state index contributed by atoms with van der Waals surface area (Å²) in [5, 5.41) is 1.20. The van der Waals surface area contributed by atoms with E-state index in [9.17, 15) is 0 Å². The zero-order valence-electron chi connectivity index (χ0n) is 5.49. The molecular formula is C9H7N. The van der Waals surface area contributed by atoms with E-state index in [4.69, 9.17) is 0 Å². The molecule has 2 rings (SSSR count). The van der Waals surface area contributed by atoms with Crippen LogP contribution in [-0.4, -0.2) is 4.98 Å². The van der Waals surface area contributed by atoms with Crippen molar-refractivity contribution in [2.24, 2.45) is 0 Å². The average Bonchev–Trinajstić information content (AvgIpc) is 2.05. The van der Waals surface area contributed by atoms with Crippen LogP contribution in [0.3, 0.4) is 0 Å². The van der Waals surface area contributed by atoms with E-state index in [2.05, 4.69) is 17.1 Å². The molecule has 0 aliphatic heterocycles. The Bertz CT molecular complexity index is 276. The van der Waals surface area contributed by atoms with Gasteiger partial charge in [0.25, 0.3) is 0 Å². The van der Waals surface area contributed by atoms with Crippen LogP contribution in [0.15, 0.2) is 42.6 Å². The van der Waals surface area contributed by atoms with Crippen LogP contribution < -0.4 is 0 Å². The fourth-order valence-corrected chi connectivity index (χ4v) is 1.02. The number of fused-ring (bicyclic) bond motifs is 1. The van der Waals surface area contributed by atoms with Gasteiger partial charge in [0.2, 0.25) is 0 Å². The number of nitrogens with zero attached hydrogens (tertiary/aromatic N) is 1. The Morgan fingerprint density at radius 3 is 2.60 bits per heavy atom. The molecule has 1 nitrogen and oxygen atoms in total. The fourth-order valence-electron chi connectivity index (χ4n) is 1.02. The summed E-state index contributed by atoms with van der Waals surface area (Å²) in [4.78, 5) is 4.18. The second kappa shape index (κ2) is 2.10. The van der Waals surface area contributed by atoms with Gasteiger partial charge in [0.05, 0.1) is 5.52 Å². The first-order chi connectivity index (χ1) is 4.97. The maximum absolute atomic E-state index is 4.18. The van der Waals surface area contributed by atoms with Gasteiger partial charge in [0.1, 0.15) is 0 Å². The first-order valence-electron chi connectivity index (χ1n) is 3.26. The molecule has 0 unspecified atom stereocenters. The van der Waals surface area contributed by atoms with Gasteiger partial charge in [-0.2, -0.15) is 0 Å². The predicted molar refractivity (Wildman–Crippen MR) is 41.7 cm³/mol. The molecule has 0 spiro atoms. The van der Waals surface area contributed by atoms with E-state index >= 15 is 0 Å². The van der Waals surface area contributed by atoms with E-state index in [1.54, 1.807) is 0 Å². The molecule has 10 heavy (non-hydrogen) atoms. The number of hydrogen-bond acceptors (Lipinski definition) is 1. The molecule has 0 atom stereocenters. The maximum Gasteiger partial charge on any atom is 0.0701 e. The Kier molecular flexibility index (Phi) is 1.14. The molecule has 0 saturated heterocycles. The Labute approximate surface area is 59.3 Å². The van der Waals surface area contributed by atoms with Crippen LogP contribution in [-0.2, 0) is 0 Å². The Morgan fingerprint density at radius 2 is 1.70 bits per heavy atom. The van der Waals surface area contributed by atoms with E-state index in [0.717, 1.165) is 5.52 Å². The Hall–Kier alpha value is -1.37. The largest absolute Gasteiger partial charge is 0.256 e. The van der Waals surface area contributed by atoms with E-state index in [0.29, 0.717) is 0 Å². The van der Waals surface area contributed by atoms with E-state index in [-0.39, 0.29) is 0 Å². The van der Waals surface area contributed by atoms with Crippen LogP contribution in [0.25, 0.3) is 10.9 Å². The van der Waals surface area contributed by atoms with Crippen LogP contribution in [0.4, 0.5) is 0 Å². The fraction of sp³-hybridized carbons (Fsp3) is 0. The average molecular weight is 136 g/mol. The van der Waals surface area contributed by atoms with E-state index < -0.39 is 0 Å². The van der Waals surface area contributed by atoms with Gasteiger partial charge < -0.3 is 0 Å². The van der Waals surface area contributed by atoms with Crippen molar-refractivity contribution in [2.45, 2.75) is 0 Å². The van der Waals surface area contributed by atoms with Crippen LogP contribution in [0.1, 0.15) is 0 Å². The molecule has 1 aromatic carbocycles. The minimum atomic E-state index is 1.06. The lowest BCUT2D eigenvalue weighted by Crippen LogP contribution is -1.73. The topological polar surface area (TPSA) is 12.9 Å². The van der Waals surface area contributed by atoms with Crippen LogP contribution in [0.5, 0.6) is 0 Å². The monoisotopic (exact) mass is 136 g/mol. The van der Waals surface area contributed by atoms with Gasteiger partial charge in [-0.15, -0.1) is 0 Å². The molecule has 0 amide bonds. The number of benzene rings is 1. The van der Waals surface area contributed by atoms with Crippen molar-refractivity contribution in [1.82, 2.24) is 4.98 Å². The van der Waals surface area contributed by atoms with E-state index in [1.807, 2.05) is 30.5 Å². The first kappa shape index (κ1) is 5.42. The van der Waals surface area contributed by atoms with Gasteiger partial charge >= 0.3 is 0 Å². The minimum absolute atomic E-state index is 1.06. The lowest BCUT2D eigenvalue weighted by Gasteiger charge is -1.91. The molecule has 1 heteroatoms. The molecular weight excluding hydrogens is 129 g/mol. The molecule has 0 fully saturated rings. The lowest BCUT2D eigenvalue weighted by molar-refractivity contribution is 1.41. The standard InChI is InChI=1S/C9H7N/c1-2-6-9-8(4-1)5-3-7-10-9/h1-7H/i1+1,2+1,4+1,6+1,8+1,9+1,10+1. The third-order valence-corrected chi connectivity index (χ3v) is 1.51. The van der Waals surface area contributed by atoms with Gasteiger partial charge in [0, 0.05) is 11.6 Å². The third kappa shape index (κ3) is 0.760. The molecule has 1 aromatic heterocycles. The zero-order valence-corrected chi connectivity index (χ0v) is 5.49. The molecule has 1 heterocycles. The highest BCUT2D eigenvalue weighted by Gasteiger charge is 1.86. The number of pyridine rings is 1. The molecule has 48 valence electrons. The maximum atomic E-state index is 4.18. The second-order valence-corrected chi connectivity index (χ2v) is 2.20. The summed E-state index contributed by atoms with van der Waals surface area (Å²) >= 11 is 0. The number of hydrogen-bond donors (Lipinski definition) is 0. The smallest absolute Gasteiger partial charge is 0.0701 e. The van der Waals surface area contributed by atoms with Gasteiger partial charge in [0.15, 0.2) is 0 Å². The summed E-state index contributed by atoms with van der Waals surface area (Å²) in [6.45, 7) is 0. The first-order valence-corrected chi connectivity index (χ1v) is 3.26. The predicted octanol–water partition coefficient (Wildman–Crippen LogP) is 2.23. The molecule has 2 aromatic rings. The van der Waals surface area contributed by atoms with Crippen LogP contribution in [0.2, 0.25) is 0 Å². The van der Waals surface area contributed by atoms with Crippen molar-refractivity contribution in [3.8, 4) is 0 Å². The Balaban J connectivity index is 2.89. The Morgan fingerprint density at radius 1 is 0.900 bits per heavy atom. The van der Waals surface area contributed by atoms with Crippen molar-refractivity contribution < 1.29 is 0 Å². The summed E-state index contributed by atoms with van der Waals surface area (Å²) in [7, 11) is 0. The molecule has 0 aliphatic rings. The molecule has 0 N–H and O–H groups in total. The van der Waals surface area contributed by atoms with Gasteiger partial charge in [-0.3, -0.25) is 4.98 Å². The van der Waals surface area contributed by atoms with Crippen molar-refractivity contribution in [3.63, 3.8) is 0 Å². The van der Waals surface area contributed by atoms with Crippen LogP contribution in [0, 0.1) is 0 Å². The SMILES string of the molecule is c1c[15n][13c]2[13cH][13cH][13cH][13cH][13c]2c1. The highest BCUT2D eigenvalue weighted by atomic mass is 15.6.